The summed E-state index contributed by atoms with van der Waals surface area (Å²) >= 11 is 11.9. The van der Waals surface area contributed by atoms with Gasteiger partial charge >= 0.3 is 0 Å². The number of rotatable bonds is 3. The molecule has 0 saturated heterocycles. The molecule has 3 rings (SSSR count). The van der Waals surface area contributed by atoms with E-state index in [4.69, 9.17) is 27.9 Å². The molecule has 0 atom stereocenters. The molecule has 0 spiro atoms. The van der Waals surface area contributed by atoms with E-state index in [0.717, 1.165) is 5.56 Å². The van der Waals surface area contributed by atoms with Gasteiger partial charge in [-0.05, 0) is 42.8 Å². The number of benzene rings is 2. The Hall–Kier alpha value is -2.24. The molecule has 0 fully saturated rings. The van der Waals surface area contributed by atoms with Crippen LogP contribution in [-0.4, -0.2) is 25.0 Å². The summed E-state index contributed by atoms with van der Waals surface area (Å²) in [4.78, 5) is 25.9. The number of ether oxygens (including phenoxy) is 1. The molecule has 24 heavy (non-hydrogen) atoms. The van der Waals surface area contributed by atoms with Crippen molar-refractivity contribution in [2.45, 2.75) is 6.92 Å². The van der Waals surface area contributed by atoms with E-state index in [1.54, 1.807) is 18.2 Å². The van der Waals surface area contributed by atoms with Gasteiger partial charge in [-0.25, -0.2) is 0 Å². The van der Waals surface area contributed by atoms with E-state index in [0.29, 0.717) is 27.2 Å². The van der Waals surface area contributed by atoms with Gasteiger partial charge in [-0.15, -0.1) is 0 Å². The molecule has 0 aromatic heterocycles. The highest BCUT2D eigenvalue weighted by Crippen LogP contribution is 2.33. The monoisotopic (exact) mass is 364 g/mol. The minimum absolute atomic E-state index is 0.0922. The second-order valence-electron chi connectivity index (χ2n) is 5.41. The van der Waals surface area contributed by atoms with E-state index in [1.807, 2.05) is 19.1 Å². The van der Waals surface area contributed by atoms with Gasteiger partial charge in [0.25, 0.3) is 5.91 Å². The maximum Gasteiger partial charge on any atom is 0.265 e. The average Bonchev–Trinajstić information content (AvgIpc) is 2.53. The molecule has 0 radical (unpaired) electrons. The van der Waals surface area contributed by atoms with Crippen LogP contribution in [0.4, 0.5) is 11.4 Å². The second-order valence-corrected chi connectivity index (χ2v) is 6.26. The highest BCUT2D eigenvalue weighted by molar-refractivity contribution is 6.36. The minimum atomic E-state index is -0.359. The van der Waals surface area contributed by atoms with Crippen LogP contribution >= 0.6 is 23.2 Å². The molecule has 2 aromatic rings. The van der Waals surface area contributed by atoms with Gasteiger partial charge < -0.3 is 10.1 Å². The molecule has 0 bridgehead atoms. The Kier molecular flexibility index (Phi) is 4.64. The van der Waals surface area contributed by atoms with Crippen molar-refractivity contribution in [3.63, 3.8) is 0 Å². The van der Waals surface area contributed by atoms with Gasteiger partial charge in [0, 0.05) is 5.02 Å². The molecule has 0 aliphatic carbocycles. The maximum absolute atomic E-state index is 12.3. The van der Waals surface area contributed by atoms with Crippen LogP contribution in [0.5, 0.6) is 5.75 Å². The molecular formula is C17H14Cl2N2O3. The summed E-state index contributed by atoms with van der Waals surface area (Å²) in [7, 11) is 0. The number of fused-ring (bicyclic) bond motifs is 1. The third-order valence-corrected chi connectivity index (χ3v) is 4.11. The first kappa shape index (κ1) is 16.6. The topological polar surface area (TPSA) is 58.6 Å². The van der Waals surface area contributed by atoms with Crippen molar-refractivity contribution in [3.05, 3.63) is 52.0 Å². The van der Waals surface area contributed by atoms with E-state index in [9.17, 15) is 9.59 Å². The lowest BCUT2D eigenvalue weighted by Crippen LogP contribution is -2.43. The van der Waals surface area contributed by atoms with E-state index >= 15 is 0 Å². The molecule has 1 aliphatic heterocycles. The number of halogens is 2. The van der Waals surface area contributed by atoms with Crippen molar-refractivity contribution < 1.29 is 14.3 Å². The summed E-state index contributed by atoms with van der Waals surface area (Å²) in [6, 6.07) is 10.3. The third-order valence-electron chi connectivity index (χ3n) is 3.56. The molecule has 0 saturated carbocycles. The zero-order chi connectivity index (χ0) is 17.3. The molecular weight excluding hydrogens is 351 g/mol. The van der Waals surface area contributed by atoms with Crippen molar-refractivity contribution in [2.24, 2.45) is 0 Å². The van der Waals surface area contributed by atoms with Crippen LogP contribution in [0.3, 0.4) is 0 Å². The summed E-state index contributed by atoms with van der Waals surface area (Å²) in [6.07, 6.45) is 0. The summed E-state index contributed by atoms with van der Waals surface area (Å²) < 4.78 is 5.39. The number of anilines is 2. The van der Waals surface area contributed by atoms with Crippen LogP contribution < -0.4 is 15.0 Å². The van der Waals surface area contributed by atoms with Crippen molar-refractivity contribution in [1.29, 1.82) is 0 Å². The summed E-state index contributed by atoms with van der Waals surface area (Å²) in [5.74, 6) is -0.0510. The molecule has 1 aliphatic rings. The normalized spacial score (nSPS) is 13.3. The van der Waals surface area contributed by atoms with Gasteiger partial charge in [0.15, 0.2) is 6.61 Å². The van der Waals surface area contributed by atoms with Crippen molar-refractivity contribution in [1.82, 2.24) is 0 Å². The quantitative estimate of drug-likeness (QED) is 0.903. The lowest BCUT2D eigenvalue weighted by molar-refractivity contribution is -0.123. The Bertz CT molecular complexity index is 823. The number of aryl methyl sites for hydroxylation is 1. The number of amides is 2. The maximum atomic E-state index is 12.3. The zero-order valence-corrected chi connectivity index (χ0v) is 14.3. The third kappa shape index (κ3) is 3.47. The SMILES string of the molecule is Cc1ccc2c(c1)N(CC(=O)Nc1ccc(Cl)cc1Cl)C(=O)CO2. The lowest BCUT2D eigenvalue weighted by atomic mass is 10.1. The molecule has 5 nitrogen and oxygen atoms in total. The fraction of sp³-hybridized carbons (Fsp3) is 0.176. The first-order valence-electron chi connectivity index (χ1n) is 7.23. The highest BCUT2D eigenvalue weighted by atomic mass is 35.5. The highest BCUT2D eigenvalue weighted by Gasteiger charge is 2.27. The number of nitrogens with zero attached hydrogens (tertiary/aromatic N) is 1. The molecule has 1 heterocycles. The summed E-state index contributed by atoms with van der Waals surface area (Å²) in [6.45, 7) is 1.69. The molecule has 124 valence electrons. The Morgan fingerprint density at radius 2 is 2.04 bits per heavy atom. The van der Waals surface area contributed by atoms with Gasteiger partial charge in [-0.3, -0.25) is 14.5 Å². The van der Waals surface area contributed by atoms with Gasteiger partial charge in [-0.1, -0.05) is 29.3 Å². The second kappa shape index (κ2) is 6.71. The van der Waals surface area contributed by atoms with Gasteiger partial charge in [0.05, 0.1) is 16.4 Å². The summed E-state index contributed by atoms with van der Waals surface area (Å²) in [5, 5.41) is 3.50. The van der Waals surface area contributed by atoms with Crippen LogP contribution in [0.15, 0.2) is 36.4 Å². The van der Waals surface area contributed by atoms with Crippen LogP contribution in [0.2, 0.25) is 10.0 Å². The Morgan fingerprint density at radius 3 is 2.79 bits per heavy atom. The predicted octanol–water partition coefficient (Wildman–Crippen LogP) is 3.67. The Labute approximate surface area is 149 Å². The predicted molar refractivity (Wildman–Crippen MR) is 94.1 cm³/mol. The molecule has 1 N–H and O–H groups in total. The van der Waals surface area contributed by atoms with E-state index in [-0.39, 0.29) is 25.0 Å². The molecule has 2 amide bonds. The van der Waals surface area contributed by atoms with Gasteiger partial charge in [0.1, 0.15) is 12.3 Å². The van der Waals surface area contributed by atoms with Crippen LogP contribution in [0, 0.1) is 6.92 Å². The largest absolute Gasteiger partial charge is 0.482 e. The minimum Gasteiger partial charge on any atom is -0.482 e. The van der Waals surface area contributed by atoms with Crippen molar-refractivity contribution in [3.8, 4) is 5.75 Å². The summed E-state index contributed by atoms with van der Waals surface area (Å²) in [5.41, 5.74) is 2.00. The zero-order valence-electron chi connectivity index (χ0n) is 12.8. The Morgan fingerprint density at radius 1 is 1.25 bits per heavy atom. The number of hydrogen-bond donors (Lipinski definition) is 1. The van der Waals surface area contributed by atoms with Gasteiger partial charge in [0.2, 0.25) is 5.91 Å². The van der Waals surface area contributed by atoms with E-state index < -0.39 is 0 Å². The Balaban J connectivity index is 1.79. The lowest BCUT2D eigenvalue weighted by Gasteiger charge is -2.29. The van der Waals surface area contributed by atoms with E-state index in [1.165, 1.54) is 11.0 Å². The number of carbonyl (C=O) groups is 2. The van der Waals surface area contributed by atoms with Crippen LogP contribution in [0.1, 0.15) is 5.56 Å². The van der Waals surface area contributed by atoms with Gasteiger partial charge in [-0.2, -0.15) is 0 Å². The number of hydrogen-bond acceptors (Lipinski definition) is 3. The van der Waals surface area contributed by atoms with E-state index in [2.05, 4.69) is 5.32 Å². The fourth-order valence-corrected chi connectivity index (χ4v) is 2.87. The molecule has 0 unspecified atom stereocenters. The van der Waals surface area contributed by atoms with Crippen LogP contribution in [0.25, 0.3) is 0 Å². The standard InChI is InChI=1S/C17H14Cl2N2O3/c1-10-2-5-15-14(6-10)21(17(23)9-24-15)8-16(22)20-13-4-3-11(18)7-12(13)19/h2-7H,8-9H2,1H3,(H,20,22). The average molecular weight is 365 g/mol. The number of nitrogens with one attached hydrogen (secondary N) is 1. The molecule has 2 aromatic carbocycles. The first-order chi connectivity index (χ1) is 11.4. The van der Waals surface area contributed by atoms with Crippen molar-refractivity contribution in [2.75, 3.05) is 23.4 Å². The smallest absolute Gasteiger partial charge is 0.265 e. The first-order valence-corrected chi connectivity index (χ1v) is 7.98. The fourth-order valence-electron chi connectivity index (χ4n) is 2.41. The van der Waals surface area contributed by atoms with Crippen molar-refractivity contribution >= 4 is 46.4 Å². The number of carbonyl (C=O) groups excluding carboxylic acids is 2. The molecule has 7 heteroatoms. The van der Waals surface area contributed by atoms with Crippen LogP contribution in [-0.2, 0) is 9.59 Å².